The molecule has 1 N–H and O–H groups in total. The molecule has 24 heavy (non-hydrogen) atoms. The highest BCUT2D eigenvalue weighted by atomic mass is 19.4. The van der Waals surface area contributed by atoms with Crippen molar-refractivity contribution in [3.05, 3.63) is 39.9 Å². The number of imide groups is 1. The van der Waals surface area contributed by atoms with Crippen molar-refractivity contribution in [2.75, 3.05) is 0 Å². The van der Waals surface area contributed by atoms with Crippen LogP contribution in [-0.2, 0) is 15.8 Å². The predicted molar refractivity (Wildman–Crippen MR) is 77.2 cm³/mol. The Morgan fingerprint density at radius 1 is 1.25 bits per heavy atom. The van der Waals surface area contributed by atoms with Crippen LogP contribution in [0.3, 0.4) is 0 Å². The van der Waals surface area contributed by atoms with Crippen LogP contribution in [0.15, 0.2) is 23.0 Å². The van der Waals surface area contributed by atoms with E-state index in [0.29, 0.717) is 0 Å². The molecule has 2 amide bonds. The van der Waals surface area contributed by atoms with Crippen LogP contribution in [-0.4, -0.2) is 21.4 Å². The minimum absolute atomic E-state index is 0.0155. The van der Waals surface area contributed by atoms with Crippen LogP contribution in [0.5, 0.6) is 0 Å². The Bertz CT molecular complexity index is 918. The first-order chi connectivity index (χ1) is 11.2. The zero-order valence-corrected chi connectivity index (χ0v) is 12.5. The molecule has 1 saturated heterocycles. The van der Waals surface area contributed by atoms with Gasteiger partial charge >= 0.3 is 6.18 Å². The molecule has 1 fully saturated rings. The number of amides is 2. The number of halogens is 3. The number of hydrogen-bond acceptors (Lipinski definition) is 4. The predicted octanol–water partition coefficient (Wildman–Crippen LogP) is 1.70. The van der Waals surface area contributed by atoms with Gasteiger partial charge in [0.05, 0.1) is 16.5 Å². The van der Waals surface area contributed by atoms with E-state index in [1.807, 2.05) is 0 Å². The summed E-state index contributed by atoms with van der Waals surface area (Å²) in [6.45, 7) is 1.44. The van der Waals surface area contributed by atoms with Gasteiger partial charge in [0.1, 0.15) is 11.9 Å². The monoisotopic (exact) mass is 339 g/mol. The summed E-state index contributed by atoms with van der Waals surface area (Å²) in [4.78, 5) is 39.8. The summed E-state index contributed by atoms with van der Waals surface area (Å²) in [5.74, 6) is -0.934. The lowest BCUT2D eigenvalue weighted by Gasteiger charge is -2.24. The summed E-state index contributed by atoms with van der Waals surface area (Å²) in [6, 6.07) is 1.75. The van der Waals surface area contributed by atoms with E-state index in [1.165, 1.54) is 6.92 Å². The summed E-state index contributed by atoms with van der Waals surface area (Å²) in [7, 11) is 0. The number of carbonyl (C=O) groups excluding carboxylic acids is 2. The van der Waals surface area contributed by atoms with E-state index >= 15 is 0 Å². The molecule has 2 heterocycles. The number of benzene rings is 1. The lowest BCUT2D eigenvalue weighted by molar-refractivity contribution is -0.138. The average molecular weight is 339 g/mol. The minimum atomic E-state index is -4.54. The summed E-state index contributed by atoms with van der Waals surface area (Å²) in [5, 5.41) is 2.13. The van der Waals surface area contributed by atoms with Gasteiger partial charge in [0, 0.05) is 6.42 Å². The van der Waals surface area contributed by atoms with Crippen molar-refractivity contribution in [3.8, 4) is 0 Å². The van der Waals surface area contributed by atoms with Gasteiger partial charge in [-0.3, -0.25) is 24.3 Å². The highest BCUT2D eigenvalue weighted by Crippen LogP contribution is 2.30. The summed E-state index contributed by atoms with van der Waals surface area (Å²) >= 11 is 0. The van der Waals surface area contributed by atoms with Crippen LogP contribution in [0.25, 0.3) is 10.9 Å². The lowest BCUT2D eigenvalue weighted by atomic mass is 10.0. The average Bonchev–Trinajstić information content (AvgIpc) is 2.47. The molecule has 0 spiro atoms. The van der Waals surface area contributed by atoms with Gasteiger partial charge in [-0.25, -0.2) is 4.98 Å². The second-order valence-electron chi connectivity index (χ2n) is 5.53. The maximum Gasteiger partial charge on any atom is 0.416 e. The van der Waals surface area contributed by atoms with E-state index in [4.69, 9.17) is 0 Å². The number of aromatic nitrogens is 2. The van der Waals surface area contributed by atoms with Crippen LogP contribution in [0.4, 0.5) is 13.2 Å². The number of hydrogen-bond donors (Lipinski definition) is 1. The smallest absolute Gasteiger partial charge is 0.295 e. The SMILES string of the molecule is Cc1nc2cc(C(F)(F)F)ccc2c(=O)n1[C@@H]1CCC(=O)NC1=O. The molecule has 1 aliphatic rings. The molecule has 126 valence electrons. The number of piperidine rings is 1. The van der Waals surface area contributed by atoms with Gasteiger partial charge in [-0.05, 0) is 31.5 Å². The first kappa shape index (κ1) is 16.2. The molecule has 6 nitrogen and oxygen atoms in total. The highest BCUT2D eigenvalue weighted by Gasteiger charge is 2.32. The van der Waals surface area contributed by atoms with Crippen molar-refractivity contribution in [2.24, 2.45) is 0 Å². The van der Waals surface area contributed by atoms with Crippen LogP contribution < -0.4 is 10.9 Å². The van der Waals surface area contributed by atoms with Gasteiger partial charge in [-0.2, -0.15) is 13.2 Å². The van der Waals surface area contributed by atoms with E-state index in [1.54, 1.807) is 0 Å². The van der Waals surface area contributed by atoms with Gasteiger partial charge in [0.25, 0.3) is 5.56 Å². The molecule has 0 bridgehead atoms. The Hall–Kier alpha value is -2.71. The van der Waals surface area contributed by atoms with Crippen molar-refractivity contribution in [3.63, 3.8) is 0 Å². The van der Waals surface area contributed by atoms with E-state index in [-0.39, 0.29) is 29.6 Å². The molecule has 9 heteroatoms. The van der Waals surface area contributed by atoms with Crippen LogP contribution in [0.1, 0.15) is 30.3 Å². The number of aryl methyl sites for hydroxylation is 1. The number of nitrogens with zero attached hydrogens (tertiary/aromatic N) is 2. The maximum atomic E-state index is 12.8. The third-order valence-electron chi connectivity index (χ3n) is 3.93. The topological polar surface area (TPSA) is 81.1 Å². The summed E-state index contributed by atoms with van der Waals surface area (Å²) < 4.78 is 39.5. The first-order valence-electron chi connectivity index (χ1n) is 7.12. The molecule has 0 unspecified atom stereocenters. The Morgan fingerprint density at radius 3 is 2.58 bits per heavy atom. The molecule has 2 aromatic rings. The van der Waals surface area contributed by atoms with Gasteiger partial charge in [-0.1, -0.05) is 0 Å². The fourth-order valence-electron chi connectivity index (χ4n) is 2.78. The molecular weight excluding hydrogens is 327 g/mol. The quantitative estimate of drug-likeness (QED) is 0.802. The van der Waals surface area contributed by atoms with Gasteiger partial charge in [0.2, 0.25) is 11.8 Å². The molecule has 0 radical (unpaired) electrons. The molecule has 0 saturated carbocycles. The molecule has 3 rings (SSSR count). The number of rotatable bonds is 1. The third kappa shape index (κ3) is 2.66. The lowest BCUT2D eigenvalue weighted by Crippen LogP contribution is -2.45. The molecule has 1 aromatic carbocycles. The van der Waals surface area contributed by atoms with Gasteiger partial charge in [-0.15, -0.1) is 0 Å². The summed E-state index contributed by atoms with van der Waals surface area (Å²) in [5.41, 5.74) is -1.60. The van der Waals surface area contributed by atoms with Crippen LogP contribution in [0, 0.1) is 6.92 Å². The Morgan fingerprint density at radius 2 is 1.96 bits per heavy atom. The van der Waals surface area contributed by atoms with Crippen molar-refractivity contribution in [1.82, 2.24) is 14.9 Å². The maximum absolute atomic E-state index is 12.8. The second kappa shape index (κ2) is 5.43. The van der Waals surface area contributed by atoms with E-state index < -0.39 is 35.2 Å². The van der Waals surface area contributed by atoms with E-state index in [2.05, 4.69) is 10.3 Å². The largest absolute Gasteiger partial charge is 0.416 e. The van der Waals surface area contributed by atoms with E-state index in [9.17, 15) is 27.6 Å². The number of carbonyl (C=O) groups is 2. The Labute approximate surface area is 133 Å². The molecule has 1 atom stereocenters. The minimum Gasteiger partial charge on any atom is -0.295 e. The Kier molecular flexibility index (Phi) is 3.66. The molecule has 1 aliphatic heterocycles. The normalized spacial score (nSPS) is 18.8. The highest BCUT2D eigenvalue weighted by molar-refractivity contribution is 5.99. The van der Waals surface area contributed by atoms with E-state index in [0.717, 1.165) is 22.8 Å². The molecule has 1 aromatic heterocycles. The van der Waals surface area contributed by atoms with Crippen molar-refractivity contribution >= 4 is 22.7 Å². The zero-order valence-electron chi connectivity index (χ0n) is 12.5. The van der Waals surface area contributed by atoms with Crippen molar-refractivity contribution in [2.45, 2.75) is 32.0 Å². The number of nitrogens with one attached hydrogen (secondary N) is 1. The van der Waals surface area contributed by atoms with Gasteiger partial charge < -0.3 is 0 Å². The molecular formula is C15H12F3N3O3. The van der Waals surface area contributed by atoms with Crippen molar-refractivity contribution < 1.29 is 22.8 Å². The van der Waals surface area contributed by atoms with Crippen molar-refractivity contribution in [1.29, 1.82) is 0 Å². The Balaban J connectivity index is 2.16. The first-order valence-corrected chi connectivity index (χ1v) is 7.12. The number of fused-ring (bicyclic) bond motifs is 1. The fourth-order valence-corrected chi connectivity index (χ4v) is 2.78. The number of alkyl halides is 3. The fraction of sp³-hybridized carbons (Fsp3) is 0.333. The second-order valence-corrected chi connectivity index (χ2v) is 5.53. The summed E-state index contributed by atoms with van der Waals surface area (Å²) in [6.07, 6.45) is -4.32. The molecule has 0 aliphatic carbocycles. The third-order valence-corrected chi connectivity index (χ3v) is 3.93. The zero-order chi connectivity index (χ0) is 17.6. The standard InChI is InChI=1S/C15H12F3N3O3/c1-7-19-10-6-8(15(16,17)18)2-3-9(10)14(24)21(7)11-4-5-12(22)20-13(11)23/h2-3,6,11H,4-5H2,1H3,(H,20,22,23)/t11-/m1/s1. The van der Waals surface area contributed by atoms with Crippen LogP contribution in [0.2, 0.25) is 0 Å². The van der Waals surface area contributed by atoms with Crippen LogP contribution >= 0.6 is 0 Å². The van der Waals surface area contributed by atoms with Gasteiger partial charge in [0.15, 0.2) is 0 Å².